The van der Waals surface area contributed by atoms with Crippen LogP contribution in [-0.2, 0) is 15.0 Å². The van der Waals surface area contributed by atoms with E-state index in [0.717, 1.165) is 59.8 Å². The van der Waals surface area contributed by atoms with Crippen LogP contribution in [0.4, 0.5) is 5.82 Å². The maximum absolute atomic E-state index is 13.8. The van der Waals surface area contributed by atoms with Gasteiger partial charge in [0, 0.05) is 24.1 Å². The van der Waals surface area contributed by atoms with Crippen molar-refractivity contribution in [2.75, 3.05) is 30.3 Å². The molecular formula is C30H36N4O2S. The van der Waals surface area contributed by atoms with E-state index in [0.29, 0.717) is 5.75 Å². The molecule has 5 rings (SSSR count). The minimum absolute atomic E-state index is 0.00473. The summed E-state index contributed by atoms with van der Waals surface area (Å²) < 4.78 is 1.91. The summed E-state index contributed by atoms with van der Waals surface area (Å²) in [7, 11) is 0. The molecule has 0 spiro atoms. The maximum Gasteiger partial charge on any atom is 0.242 e. The number of rotatable bonds is 4. The van der Waals surface area contributed by atoms with E-state index < -0.39 is 0 Å². The number of amides is 2. The third kappa shape index (κ3) is 5.06. The Kier molecular flexibility index (Phi) is 6.92. The van der Waals surface area contributed by atoms with Gasteiger partial charge in [-0.1, -0.05) is 62.7 Å². The average Bonchev–Trinajstić information content (AvgIpc) is 3.49. The van der Waals surface area contributed by atoms with E-state index in [9.17, 15) is 9.59 Å². The first-order valence-corrected chi connectivity index (χ1v) is 14.1. The summed E-state index contributed by atoms with van der Waals surface area (Å²) in [5, 5.41) is 5.12. The highest BCUT2D eigenvalue weighted by Crippen LogP contribution is 2.48. The summed E-state index contributed by atoms with van der Waals surface area (Å²) in [5.74, 6) is 0.982. The molecule has 0 N–H and O–H groups in total. The lowest BCUT2D eigenvalue weighted by molar-refractivity contribution is -0.130. The zero-order chi connectivity index (χ0) is 26.3. The van der Waals surface area contributed by atoms with Gasteiger partial charge in [-0.3, -0.25) is 14.5 Å². The number of fused-ring (bicyclic) bond motifs is 1. The van der Waals surface area contributed by atoms with Crippen molar-refractivity contribution < 1.29 is 9.59 Å². The van der Waals surface area contributed by atoms with Crippen LogP contribution in [0.25, 0.3) is 5.69 Å². The van der Waals surface area contributed by atoms with Gasteiger partial charge in [-0.25, -0.2) is 4.68 Å². The lowest BCUT2D eigenvalue weighted by Crippen LogP contribution is -2.43. The third-order valence-electron chi connectivity index (χ3n) is 7.14. The Labute approximate surface area is 224 Å². The maximum atomic E-state index is 13.8. The van der Waals surface area contributed by atoms with E-state index in [1.54, 1.807) is 16.7 Å². The lowest BCUT2D eigenvalue weighted by atomic mass is 9.87. The molecule has 0 radical (unpaired) electrons. The SMILES string of the molecule is Cc1cccc(C2SCC(=O)N(CC(=O)N3CCCC3)c3c2c(C(C)(C)C)nn3-c2cccc(C)c2)c1. The number of hydrogen-bond donors (Lipinski definition) is 0. The largest absolute Gasteiger partial charge is 0.341 e. The molecule has 0 saturated carbocycles. The van der Waals surface area contributed by atoms with Gasteiger partial charge in [0.25, 0.3) is 0 Å². The number of aromatic nitrogens is 2. The number of likely N-dealkylation sites (tertiary alicyclic amines) is 1. The van der Waals surface area contributed by atoms with Gasteiger partial charge in [-0.05, 0) is 49.9 Å². The summed E-state index contributed by atoms with van der Waals surface area (Å²) in [5.41, 5.74) is 6.07. The van der Waals surface area contributed by atoms with Crippen LogP contribution in [0.3, 0.4) is 0 Å². The number of aryl methyl sites for hydroxylation is 2. The van der Waals surface area contributed by atoms with Crippen molar-refractivity contribution in [3.8, 4) is 5.69 Å². The highest BCUT2D eigenvalue weighted by atomic mass is 32.2. The van der Waals surface area contributed by atoms with E-state index >= 15 is 0 Å². The van der Waals surface area contributed by atoms with Crippen molar-refractivity contribution in [1.82, 2.24) is 14.7 Å². The second kappa shape index (κ2) is 10.0. The van der Waals surface area contributed by atoms with Crippen molar-refractivity contribution in [1.29, 1.82) is 0 Å². The van der Waals surface area contributed by atoms with Crippen molar-refractivity contribution >= 4 is 29.4 Å². The number of carbonyl (C=O) groups excluding carboxylic acids is 2. The molecule has 1 saturated heterocycles. The fourth-order valence-electron chi connectivity index (χ4n) is 5.31. The second-order valence-corrected chi connectivity index (χ2v) is 12.4. The van der Waals surface area contributed by atoms with Gasteiger partial charge >= 0.3 is 0 Å². The monoisotopic (exact) mass is 516 g/mol. The highest BCUT2D eigenvalue weighted by Gasteiger charge is 2.40. The Balaban J connectivity index is 1.76. The molecular weight excluding hydrogens is 480 g/mol. The van der Waals surface area contributed by atoms with Crippen LogP contribution >= 0.6 is 11.8 Å². The molecule has 1 unspecified atom stereocenters. The molecule has 37 heavy (non-hydrogen) atoms. The molecule has 0 bridgehead atoms. The molecule has 7 heteroatoms. The standard InChI is InChI=1S/C30H36N4O2S/c1-20-10-8-12-22(16-20)27-26-28(30(3,4)5)31-34(23-13-9-11-21(2)17-23)29(26)33(25(36)19-37-27)18-24(35)32-14-6-7-15-32/h8-13,16-17,27H,6-7,14-15,18-19H2,1-5H3. The van der Waals surface area contributed by atoms with Crippen molar-refractivity contribution in [3.05, 3.63) is 76.5 Å². The molecule has 0 aliphatic carbocycles. The first-order chi connectivity index (χ1) is 17.6. The predicted octanol–water partition coefficient (Wildman–Crippen LogP) is 5.58. The first-order valence-electron chi connectivity index (χ1n) is 13.1. The summed E-state index contributed by atoms with van der Waals surface area (Å²) in [6.45, 7) is 12.2. The van der Waals surface area contributed by atoms with Gasteiger partial charge in [-0.15, -0.1) is 11.8 Å². The molecule has 1 atom stereocenters. The van der Waals surface area contributed by atoms with E-state index in [1.807, 2.05) is 21.7 Å². The number of benzene rings is 2. The normalized spacial score (nSPS) is 18.2. The van der Waals surface area contributed by atoms with E-state index in [4.69, 9.17) is 5.10 Å². The van der Waals surface area contributed by atoms with Crippen LogP contribution in [-0.4, -0.2) is 51.9 Å². The number of carbonyl (C=O) groups is 2. The minimum atomic E-state index is -0.264. The van der Waals surface area contributed by atoms with Crippen LogP contribution in [0.2, 0.25) is 0 Å². The number of nitrogens with zero attached hydrogens (tertiary/aromatic N) is 4. The molecule has 3 heterocycles. The summed E-state index contributed by atoms with van der Waals surface area (Å²) in [4.78, 5) is 30.8. The molecule has 2 amide bonds. The van der Waals surface area contributed by atoms with Crippen LogP contribution in [0.1, 0.15) is 66.8 Å². The Hall–Kier alpha value is -3.06. The number of anilines is 1. The topological polar surface area (TPSA) is 58.4 Å². The molecule has 2 aliphatic rings. The van der Waals surface area contributed by atoms with E-state index in [-0.39, 0.29) is 29.0 Å². The van der Waals surface area contributed by atoms with Crippen molar-refractivity contribution in [3.63, 3.8) is 0 Å². The average molecular weight is 517 g/mol. The van der Waals surface area contributed by atoms with Gasteiger partial charge in [-0.2, -0.15) is 5.10 Å². The highest BCUT2D eigenvalue weighted by molar-refractivity contribution is 8.00. The van der Waals surface area contributed by atoms with Crippen LogP contribution in [0.5, 0.6) is 0 Å². The lowest BCUT2D eigenvalue weighted by Gasteiger charge is -2.26. The van der Waals surface area contributed by atoms with Crippen molar-refractivity contribution in [2.24, 2.45) is 0 Å². The Morgan fingerprint density at radius 1 is 1.03 bits per heavy atom. The quantitative estimate of drug-likeness (QED) is 0.454. The van der Waals surface area contributed by atoms with Crippen LogP contribution in [0.15, 0.2) is 48.5 Å². The fraction of sp³-hybridized carbons (Fsp3) is 0.433. The molecule has 2 aliphatic heterocycles. The zero-order valence-electron chi connectivity index (χ0n) is 22.5. The molecule has 1 fully saturated rings. The van der Waals surface area contributed by atoms with E-state index in [1.165, 1.54) is 5.56 Å². The Morgan fingerprint density at radius 2 is 1.70 bits per heavy atom. The Bertz CT molecular complexity index is 1330. The van der Waals surface area contributed by atoms with Gasteiger partial charge in [0.1, 0.15) is 12.4 Å². The molecule has 1 aromatic heterocycles. The molecule has 2 aromatic carbocycles. The predicted molar refractivity (Wildman–Crippen MR) is 151 cm³/mol. The van der Waals surface area contributed by atoms with E-state index in [2.05, 4.69) is 71.0 Å². The van der Waals surface area contributed by atoms with Gasteiger partial charge < -0.3 is 4.90 Å². The zero-order valence-corrected chi connectivity index (χ0v) is 23.3. The summed E-state index contributed by atoms with van der Waals surface area (Å²) in [6, 6.07) is 16.7. The second-order valence-electron chi connectivity index (χ2n) is 11.3. The number of thioether (sulfide) groups is 1. The summed E-state index contributed by atoms with van der Waals surface area (Å²) >= 11 is 1.63. The van der Waals surface area contributed by atoms with Gasteiger partial charge in [0.2, 0.25) is 11.8 Å². The van der Waals surface area contributed by atoms with Crippen LogP contribution < -0.4 is 4.90 Å². The summed E-state index contributed by atoms with van der Waals surface area (Å²) in [6.07, 6.45) is 2.04. The fourth-order valence-corrected chi connectivity index (χ4v) is 6.50. The molecule has 194 valence electrons. The third-order valence-corrected chi connectivity index (χ3v) is 8.40. The minimum Gasteiger partial charge on any atom is -0.341 e. The molecule has 3 aromatic rings. The van der Waals surface area contributed by atoms with Crippen molar-refractivity contribution in [2.45, 2.75) is 58.1 Å². The van der Waals surface area contributed by atoms with Crippen LogP contribution in [0, 0.1) is 13.8 Å². The number of hydrogen-bond acceptors (Lipinski definition) is 4. The Morgan fingerprint density at radius 3 is 2.35 bits per heavy atom. The smallest absolute Gasteiger partial charge is 0.242 e. The first kappa shape index (κ1) is 25.6. The molecule has 6 nitrogen and oxygen atoms in total. The van der Waals surface area contributed by atoms with Gasteiger partial charge in [0.15, 0.2) is 0 Å². The van der Waals surface area contributed by atoms with Gasteiger partial charge in [0.05, 0.1) is 22.4 Å².